The number of hydrogen-bond acceptors (Lipinski definition) is 7. The van der Waals surface area contributed by atoms with Crippen molar-refractivity contribution in [3.63, 3.8) is 0 Å². The highest BCUT2D eigenvalue weighted by Gasteiger charge is 2.28. The Kier molecular flexibility index (Phi) is 5.10. The van der Waals surface area contributed by atoms with Crippen molar-refractivity contribution in [2.75, 3.05) is 17.5 Å². The summed E-state index contributed by atoms with van der Waals surface area (Å²) in [6, 6.07) is 17.0. The van der Waals surface area contributed by atoms with E-state index in [-0.39, 0.29) is 11.4 Å². The van der Waals surface area contributed by atoms with Crippen molar-refractivity contribution in [1.29, 1.82) is 0 Å². The molecular formula is C23H20N2O6S. The highest BCUT2D eigenvalue weighted by Crippen LogP contribution is 2.35. The van der Waals surface area contributed by atoms with E-state index >= 15 is 0 Å². The molecule has 0 saturated carbocycles. The lowest BCUT2D eigenvalue weighted by Crippen LogP contribution is -2.31. The van der Waals surface area contributed by atoms with Crippen LogP contribution in [-0.2, 0) is 16.6 Å². The monoisotopic (exact) mass is 452 g/mol. The summed E-state index contributed by atoms with van der Waals surface area (Å²) in [6.07, 6.45) is 1.53. The molecule has 0 bridgehead atoms. The van der Waals surface area contributed by atoms with Gasteiger partial charge in [0.15, 0.2) is 17.3 Å². The molecular weight excluding hydrogens is 432 g/mol. The Morgan fingerprint density at radius 2 is 1.72 bits per heavy atom. The third kappa shape index (κ3) is 3.82. The second-order valence-electron chi connectivity index (χ2n) is 7.31. The molecule has 0 aliphatic carbocycles. The van der Waals surface area contributed by atoms with Gasteiger partial charge in [0, 0.05) is 12.1 Å². The van der Waals surface area contributed by atoms with Crippen LogP contribution in [0.1, 0.15) is 11.3 Å². The quantitative estimate of drug-likeness (QED) is 0.428. The van der Waals surface area contributed by atoms with Crippen LogP contribution >= 0.6 is 0 Å². The second kappa shape index (κ2) is 8.08. The molecule has 5 rings (SSSR count). The topological polar surface area (TPSA) is 95.0 Å². The number of hydrogen-bond donors (Lipinski definition) is 0. The molecule has 4 aromatic rings. The number of nitrogens with zero attached hydrogens (tertiary/aromatic N) is 2. The molecule has 164 valence electrons. The molecule has 0 N–H and O–H groups in total. The average molecular weight is 452 g/mol. The van der Waals surface area contributed by atoms with Crippen molar-refractivity contribution in [3.8, 4) is 23.0 Å². The van der Waals surface area contributed by atoms with E-state index in [1.54, 1.807) is 36.4 Å². The number of anilines is 1. The second-order valence-corrected chi connectivity index (χ2v) is 9.17. The maximum Gasteiger partial charge on any atom is 0.264 e. The number of sulfonamides is 1. The number of furan rings is 1. The van der Waals surface area contributed by atoms with Gasteiger partial charge in [0.25, 0.3) is 10.0 Å². The molecule has 1 aliphatic heterocycles. The van der Waals surface area contributed by atoms with E-state index < -0.39 is 10.0 Å². The van der Waals surface area contributed by atoms with Gasteiger partial charge in [-0.05, 0) is 43.3 Å². The molecule has 0 atom stereocenters. The summed E-state index contributed by atoms with van der Waals surface area (Å²) in [4.78, 5) is 0.0945. The van der Waals surface area contributed by atoms with Gasteiger partial charge < -0.3 is 18.4 Å². The van der Waals surface area contributed by atoms with E-state index in [1.165, 1.54) is 22.7 Å². The standard InChI is InChI=1S/C23H20N2O6S/c1-16-4-6-18(7-5-16)25(15-17-13-23(31-24-17)20-3-2-10-28-20)32(26,27)19-8-9-21-22(14-19)30-12-11-29-21/h2-10,13-14H,11-12,15H2,1H3. The normalized spacial score (nSPS) is 13.2. The smallest absolute Gasteiger partial charge is 0.264 e. The summed E-state index contributed by atoms with van der Waals surface area (Å²) in [7, 11) is -3.95. The van der Waals surface area contributed by atoms with E-state index in [0.29, 0.717) is 47.6 Å². The average Bonchev–Trinajstić information content (AvgIpc) is 3.50. The highest BCUT2D eigenvalue weighted by atomic mass is 32.2. The third-order valence-electron chi connectivity index (χ3n) is 5.05. The molecule has 1 aliphatic rings. The number of fused-ring (bicyclic) bond motifs is 1. The first-order chi connectivity index (χ1) is 15.5. The minimum atomic E-state index is -3.95. The molecule has 32 heavy (non-hydrogen) atoms. The van der Waals surface area contributed by atoms with Crippen LogP contribution in [0.15, 0.2) is 80.8 Å². The molecule has 0 spiro atoms. The fraction of sp³-hybridized carbons (Fsp3) is 0.174. The third-order valence-corrected chi connectivity index (χ3v) is 6.82. The van der Waals surface area contributed by atoms with Crippen molar-refractivity contribution in [2.45, 2.75) is 18.4 Å². The van der Waals surface area contributed by atoms with Crippen molar-refractivity contribution in [2.24, 2.45) is 0 Å². The fourth-order valence-corrected chi connectivity index (χ4v) is 4.86. The zero-order valence-electron chi connectivity index (χ0n) is 17.2. The Labute approximate surface area is 185 Å². The van der Waals surface area contributed by atoms with E-state index in [9.17, 15) is 8.42 Å². The van der Waals surface area contributed by atoms with Crippen molar-refractivity contribution in [1.82, 2.24) is 5.16 Å². The van der Waals surface area contributed by atoms with Crippen LogP contribution in [0.25, 0.3) is 11.5 Å². The minimum absolute atomic E-state index is 0.0238. The van der Waals surface area contributed by atoms with Crippen LogP contribution in [0.2, 0.25) is 0 Å². The Bertz CT molecular complexity index is 1330. The highest BCUT2D eigenvalue weighted by molar-refractivity contribution is 7.92. The van der Waals surface area contributed by atoms with Crippen LogP contribution < -0.4 is 13.8 Å². The Morgan fingerprint density at radius 3 is 2.47 bits per heavy atom. The molecule has 2 aromatic carbocycles. The molecule has 0 unspecified atom stereocenters. The molecule has 3 heterocycles. The van der Waals surface area contributed by atoms with Crippen LogP contribution in [0.5, 0.6) is 11.5 Å². The molecule has 0 radical (unpaired) electrons. The largest absolute Gasteiger partial charge is 0.486 e. The van der Waals surface area contributed by atoms with Gasteiger partial charge in [-0.15, -0.1) is 0 Å². The molecule has 2 aromatic heterocycles. The predicted octanol–water partition coefficient (Wildman–Crippen LogP) is 4.41. The lowest BCUT2D eigenvalue weighted by molar-refractivity contribution is 0.171. The number of aryl methyl sites for hydroxylation is 1. The van der Waals surface area contributed by atoms with Crippen LogP contribution in [-0.4, -0.2) is 26.8 Å². The van der Waals surface area contributed by atoms with Gasteiger partial charge in [-0.25, -0.2) is 8.42 Å². The van der Waals surface area contributed by atoms with Crippen LogP contribution in [0, 0.1) is 6.92 Å². The van der Waals surface area contributed by atoms with Crippen molar-refractivity contribution in [3.05, 3.63) is 78.2 Å². The Hall–Kier alpha value is -3.72. The van der Waals surface area contributed by atoms with Crippen LogP contribution in [0.3, 0.4) is 0 Å². The number of ether oxygens (including phenoxy) is 2. The molecule has 0 fully saturated rings. The van der Waals surface area contributed by atoms with Crippen molar-refractivity contribution >= 4 is 15.7 Å². The molecule has 0 amide bonds. The van der Waals surface area contributed by atoms with E-state index in [2.05, 4.69) is 5.16 Å². The summed E-state index contributed by atoms with van der Waals surface area (Å²) >= 11 is 0. The first-order valence-corrected chi connectivity index (χ1v) is 11.4. The van der Waals surface area contributed by atoms with E-state index in [4.69, 9.17) is 18.4 Å². The predicted molar refractivity (Wildman–Crippen MR) is 116 cm³/mol. The first-order valence-electron chi connectivity index (χ1n) is 9.99. The summed E-state index contributed by atoms with van der Waals surface area (Å²) in [5.41, 5.74) is 1.97. The maximum absolute atomic E-state index is 13.7. The molecule has 9 heteroatoms. The van der Waals surface area contributed by atoms with Gasteiger partial charge in [-0.3, -0.25) is 4.31 Å². The number of benzene rings is 2. The van der Waals surface area contributed by atoms with Crippen LogP contribution in [0.4, 0.5) is 5.69 Å². The first kappa shape index (κ1) is 20.2. The van der Waals surface area contributed by atoms with E-state index in [0.717, 1.165) is 5.56 Å². The lowest BCUT2D eigenvalue weighted by atomic mass is 10.2. The minimum Gasteiger partial charge on any atom is -0.486 e. The van der Waals surface area contributed by atoms with Gasteiger partial charge in [-0.2, -0.15) is 0 Å². The van der Waals surface area contributed by atoms with Gasteiger partial charge >= 0.3 is 0 Å². The van der Waals surface area contributed by atoms with Gasteiger partial charge in [0.05, 0.1) is 23.4 Å². The SMILES string of the molecule is Cc1ccc(N(Cc2cc(-c3ccco3)on2)S(=O)(=O)c2ccc3c(c2)OCCO3)cc1. The van der Waals surface area contributed by atoms with Crippen molar-refractivity contribution < 1.29 is 26.8 Å². The number of rotatable bonds is 6. The fourth-order valence-electron chi connectivity index (χ4n) is 3.41. The zero-order chi connectivity index (χ0) is 22.1. The van der Waals surface area contributed by atoms with Gasteiger partial charge in [0.1, 0.15) is 18.9 Å². The van der Waals surface area contributed by atoms with E-state index in [1.807, 2.05) is 19.1 Å². The molecule has 8 nitrogen and oxygen atoms in total. The maximum atomic E-state index is 13.7. The summed E-state index contributed by atoms with van der Waals surface area (Å²) < 4.78 is 50.5. The summed E-state index contributed by atoms with van der Waals surface area (Å²) in [5.74, 6) is 1.87. The Morgan fingerprint density at radius 1 is 0.938 bits per heavy atom. The summed E-state index contributed by atoms with van der Waals surface area (Å²) in [5, 5.41) is 4.05. The molecule has 0 saturated heterocycles. The summed E-state index contributed by atoms with van der Waals surface area (Å²) in [6.45, 7) is 2.71. The Balaban J connectivity index is 1.53. The number of aromatic nitrogens is 1. The lowest BCUT2D eigenvalue weighted by Gasteiger charge is -2.25. The van der Waals surface area contributed by atoms with Gasteiger partial charge in [-0.1, -0.05) is 22.9 Å². The zero-order valence-corrected chi connectivity index (χ0v) is 18.0. The van der Waals surface area contributed by atoms with Gasteiger partial charge in [0.2, 0.25) is 5.76 Å².